The quantitative estimate of drug-likeness (QED) is 0.629. The van der Waals surface area contributed by atoms with Crippen LogP contribution in [0.1, 0.15) is 13.8 Å². The normalized spacial score (nSPS) is 13.0. The number of sulfone groups is 1. The number of hydrogen-bond donors (Lipinski definition) is 1. The van der Waals surface area contributed by atoms with Crippen LogP contribution in [0.15, 0.2) is 22.7 Å². The summed E-state index contributed by atoms with van der Waals surface area (Å²) in [5.41, 5.74) is 0.462. The first-order chi connectivity index (χ1) is 8.75. The summed E-state index contributed by atoms with van der Waals surface area (Å²) < 4.78 is 23.7. The van der Waals surface area contributed by atoms with Crippen LogP contribution in [0.5, 0.6) is 0 Å². The van der Waals surface area contributed by atoms with Gasteiger partial charge in [-0.05, 0) is 28.9 Å². The number of nitrogens with one attached hydrogen (secondary N) is 1. The van der Waals surface area contributed by atoms with E-state index in [2.05, 4.69) is 21.2 Å². The molecule has 1 atom stereocenters. The van der Waals surface area contributed by atoms with Crippen molar-refractivity contribution < 1.29 is 13.3 Å². The molecule has 0 bridgehead atoms. The van der Waals surface area contributed by atoms with Gasteiger partial charge in [0.25, 0.3) is 5.69 Å². The predicted molar refractivity (Wildman–Crippen MR) is 78.2 cm³/mol. The molecule has 1 aromatic rings. The zero-order chi connectivity index (χ0) is 14.6. The van der Waals surface area contributed by atoms with Crippen molar-refractivity contribution in [2.75, 3.05) is 16.8 Å². The Hall–Kier alpha value is -1.15. The number of anilines is 1. The van der Waals surface area contributed by atoms with Gasteiger partial charge in [-0.15, -0.1) is 0 Å². The Morgan fingerprint density at radius 1 is 1.47 bits per heavy atom. The second-order valence-corrected chi connectivity index (χ2v) is 7.42. The number of non-ortho nitro benzene ring substituents is 1. The number of hydrogen-bond acceptors (Lipinski definition) is 5. The Morgan fingerprint density at radius 2 is 2.11 bits per heavy atom. The maximum Gasteiger partial charge on any atom is 0.271 e. The van der Waals surface area contributed by atoms with E-state index in [4.69, 9.17) is 0 Å². The predicted octanol–water partition coefficient (Wildman–Crippen LogP) is 2.59. The molecule has 0 aliphatic heterocycles. The highest BCUT2D eigenvalue weighted by Gasteiger charge is 2.16. The molecule has 0 heterocycles. The van der Waals surface area contributed by atoms with E-state index >= 15 is 0 Å². The SMILES string of the molecule is CCS(=O)(=O)CC(C)Nc1cc([N+](=O)[O-])ccc1Br. The van der Waals surface area contributed by atoms with Crippen molar-refractivity contribution in [2.24, 2.45) is 0 Å². The summed E-state index contributed by atoms with van der Waals surface area (Å²) >= 11 is 3.27. The molecule has 6 nitrogen and oxygen atoms in total. The van der Waals surface area contributed by atoms with E-state index in [0.29, 0.717) is 10.2 Å². The van der Waals surface area contributed by atoms with Crippen molar-refractivity contribution in [3.8, 4) is 0 Å². The van der Waals surface area contributed by atoms with Crippen LogP contribution >= 0.6 is 15.9 Å². The first-order valence-electron chi connectivity index (χ1n) is 5.66. The number of nitro groups is 1. The van der Waals surface area contributed by atoms with Gasteiger partial charge in [-0.25, -0.2) is 8.42 Å². The molecule has 0 aliphatic rings. The van der Waals surface area contributed by atoms with Gasteiger partial charge in [0.1, 0.15) is 0 Å². The van der Waals surface area contributed by atoms with Crippen LogP contribution in [0.4, 0.5) is 11.4 Å². The number of rotatable bonds is 6. The summed E-state index contributed by atoms with van der Waals surface area (Å²) in [4.78, 5) is 10.2. The van der Waals surface area contributed by atoms with Gasteiger partial charge in [0.15, 0.2) is 9.84 Å². The molecule has 0 aliphatic carbocycles. The lowest BCUT2D eigenvalue weighted by Gasteiger charge is -2.16. The lowest BCUT2D eigenvalue weighted by molar-refractivity contribution is -0.384. The third-order valence-corrected chi connectivity index (χ3v) is 5.09. The average Bonchev–Trinajstić information content (AvgIpc) is 2.31. The minimum atomic E-state index is -3.09. The van der Waals surface area contributed by atoms with Crippen molar-refractivity contribution in [2.45, 2.75) is 19.9 Å². The van der Waals surface area contributed by atoms with E-state index in [1.54, 1.807) is 19.9 Å². The lowest BCUT2D eigenvalue weighted by Crippen LogP contribution is -2.26. The Balaban J connectivity index is 2.87. The van der Waals surface area contributed by atoms with E-state index in [1.165, 1.54) is 12.1 Å². The minimum absolute atomic E-state index is 0.0152. The fourth-order valence-corrected chi connectivity index (χ4v) is 2.99. The molecule has 0 saturated heterocycles. The fourth-order valence-electron chi connectivity index (χ4n) is 1.54. The van der Waals surface area contributed by atoms with Crippen molar-refractivity contribution in [3.05, 3.63) is 32.8 Å². The minimum Gasteiger partial charge on any atom is -0.380 e. The van der Waals surface area contributed by atoms with Crippen LogP contribution < -0.4 is 5.32 Å². The Kier molecular flexibility index (Phi) is 5.30. The van der Waals surface area contributed by atoms with Crippen LogP contribution in [0.2, 0.25) is 0 Å². The Bertz CT molecular complexity index is 574. The van der Waals surface area contributed by atoms with Crippen molar-refractivity contribution in [1.82, 2.24) is 0 Å². The van der Waals surface area contributed by atoms with Gasteiger partial charge in [-0.2, -0.15) is 0 Å². The number of benzene rings is 1. The number of halogens is 1. The van der Waals surface area contributed by atoms with Crippen LogP contribution in [0.3, 0.4) is 0 Å². The monoisotopic (exact) mass is 350 g/mol. The molecule has 1 N–H and O–H groups in total. The van der Waals surface area contributed by atoms with Gasteiger partial charge < -0.3 is 5.32 Å². The summed E-state index contributed by atoms with van der Waals surface area (Å²) in [6, 6.07) is 3.98. The van der Waals surface area contributed by atoms with Crippen LogP contribution in [-0.4, -0.2) is 30.9 Å². The first kappa shape index (κ1) is 15.9. The standard InChI is InChI=1S/C11H15BrN2O4S/c1-3-19(17,18)7-8(2)13-11-6-9(14(15)16)4-5-10(11)12/h4-6,8,13H,3,7H2,1-2H3. The molecule has 0 amide bonds. The molecule has 0 saturated carbocycles. The molecule has 0 spiro atoms. The molecule has 1 unspecified atom stereocenters. The molecule has 1 aromatic carbocycles. The second-order valence-electron chi connectivity index (χ2n) is 4.17. The summed E-state index contributed by atoms with van der Waals surface area (Å²) in [7, 11) is -3.09. The highest BCUT2D eigenvalue weighted by atomic mass is 79.9. The molecule has 1 rings (SSSR count). The lowest BCUT2D eigenvalue weighted by atomic mass is 10.2. The van der Waals surface area contributed by atoms with Crippen molar-refractivity contribution in [1.29, 1.82) is 0 Å². The van der Waals surface area contributed by atoms with E-state index in [0.717, 1.165) is 0 Å². The van der Waals surface area contributed by atoms with Crippen LogP contribution in [0, 0.1) is 10.1 Å². The molecule has 0 aromatic heterocycles. The molecular formula is C11H15BrN2O4S. The molecule has 8 heteroatoms. The summed E-state index contributed by atoms with van der Waals surface area (Å²) in [6.45, 7) is 3.31. The van der Waals surface area contributed by atoms with Gasteiger partial charge in [0.2, 0.25) is 0 Å². The zero-order valence-corrected chi connectivity index (χ0v) is 13.0. The van der Waals surface area contributed by atoms with Gasteiger partial charge in [-0.1, -0.05) is 6.92 Å². The summed E-state index contributed by atoms with van der Waals surface area (Å²) in [5.74, 6) is 0.0633. The highest BCUT2D eigenvalue weighted by molar-refractivity contribution is 9.10. The Morgan fingerprint density at radius 3 is 2.63 bits per heavy atom. The molecule has 106 valence electrons. The van der Waals surface area contributed by atoms with E-state index in [9.17, 15) is 18.5 Å². The van der Waals surface area contributed by atoms with E-state index < -0.39 is 14.8 Å². The zero-order valence-electron chi connectivity index (χ0n) is 10.6. The maximum atomic E-state index is 11.5. The van der Waals surface area contributed by atoms with Gasteiger partial charge in [-0.3, -0.25) is 10.1 Å². The van der Waals surface area contributed by atoms with Crippen molar-refractivity contribution >= 4 is 37.1 Å². The topological polar surface area (TPSA) is 89.3 Å². The molecule has 0 radical (unpaired) electrons. The van der Waals surface area contributed by atoms with Crippen molar-refractivity contribution in [3.63, 3.8) is 0 Å². The molecule has 19 heavy (non-hydrogen) atoms. The van der Waals surface area contributed by atoms with Gasteiger partial charge in [0, 0.05) is 28.4 Å². The van der Waals surface area contributed by atoms with Gasteiger partial charge in [0.05, 0.1) is 16.4 Å². The van der Waals surface area contributed by atoms with E-state index in [1.807, 2.05) is 0 Å². The molecule has 0 fully saturated rings. The first-order valence-corrected chi connectivity index (χ1v) is 8.27. The summed E-state index contributed by atoms with van der Waals surface area (Å²) in [5, 5.41) is 13.7. The molecular weight excluding hydrogens is 336 g/mol. The van der Waals surface area contributed by atoms with Crippen LogP contribution in [0.25, 0.3) is 0 Å². The third kappa shape index (κ3) is 4.79. The van der Waals surface area contributed by atoms with Gasteiger partial charge >= 0.3 is 0 Å². The smallest absolute Gasteiger partial charge is 0.271 e. The largest absolute Gasteiger partial charge is 0.380 e. The third-order valence-electron chi connectivity index (χ3n) is 2.51. The maximum absolute atomic E-state index is 11.5. The fraction of sp³-hybridized carbons (Fsp3) is 0.455. The van der Waals surface area contributed by atoms with Crippen LogP contribution in [-0.2, 0) is 9.84 Å². The second kappa shape index (κ2) is 6.33. The average molecular weight is 351 g/mol. The number of nitrogens with zero attached hydrogens (tertiary/aromatic N) is 1. The Labute approximate surface area is 120 Å². The summed E-state index contributed by atoms with van der Waals surface area (Å²) in [6.07, 6.45) is 0. The highest BCUT2D eigenvalue weighted by Crippen LogP contribution is 2.27. The van der Waals surface area contributed by atoms with E-state index in [-0.39, 0.29) is 23.2 Å². The number of nitro benzene ring substituents is 1.